The van der Waals surface area contributed by atoms with E-state index < -0.39 is 0 Å². The van der Waals surface area contributed by atoms with Gasteiger partial charge >= 0.3 is 0 Å². The number of nitrogens with zero attached hydrogens (tertiary/aromatic N) is 2. The summed E-state index contributed by atoms with van der Waals surface area (Å²) in [4.78, 5) is 7.38. The van der Waals surface area contributed by atoms with Crippen LogP contribution in [0.4, 0.5) is 0 Å². The Morgan fingerprint density at radius 1 is 1.16 bits per heavy atom. The van der Waals surface area contributed by atoms with Crippen molar-refractivity contribution >= 4 is 5.84 Å². The van der Waals surface area contributed by atoms with Crippen LogP contribution in [-0.4, -0.2) is 57.2 Å². The zero-order chi connectivity index (χ0) is 18.1. The summed E-state index contributed by atoms with van der Waals surface area (Å²) >= 11 is 0. The molecule has 5 heteroatoms. The number of rotatable bonds is 4. The molecule has 3 rings (SSSR count). The van der Waals surface area contributed by atoms with Gasteiger partial charge in [-0.3, -0.25) is 4.99 Å². The van der Waals surface area contributed by atoms with Gasteiger partial charge in [-0.05, 0) is 52.1 Å². The Labute approximate surface area is 150 Å². The SMILES string of the molecule is COc1cc2c(cc1OC)[C@@H]1CC=C[C@H](N(C)C)C1N=C2NC(C)C. The van der Waals surface area contributed by atoms with Gasteiger partial charge in [-0.25, -0.2) is 0 Å². The molecule has 0 radical (unpaired) electrons. The van der Waals surface area contributed by atoms with E-state index in [9.17, 15) is 0 Å². The minimum absolute atomic E-state index is 0.201. The maximum absolute atomic E-state index is 5.56. The smallest absolute Gasteiger partial charge is 0.161 e. The van der Waals surface area contributed by atoms with Crippen LogP contribution in [0.5, 0.6) is 11.5 Å². The quantitative estimate of drug-likeness (QED) is 0.854. The molecule has 136 valence electrons. The van der Waals surface area contributed by atoms with Crippen molar-refractivity contribution in [3.05, 3.63) is 35.4 Å². The molecule has 0 fully saturated rings. The van der Waals surface area contributed by atoms with E-state index in [2.05, 4.69) is 62.4 Å². The highest BCUT2D eigenvalue weighted by Crippen LogP contribution is 2.42. The fourth-order valence-electron chi connectivity index (χ4n) is 3.82. The predicted molar refractivity (Wildman–Crippen MR) is 102 cm³/mol. The molecule has 25 heavy (non-hydrogen) atoms. The van der Waals surface area contributed by atoms with Crippen molar-refractivity contribution in [1.29, 1.82) is 0 Å². The lowest BCUT2D eigenvalue weighted by molar-refractivity contribution is 0.267. The number of ether oxygens (including phenoxy) is 2. The molecule has 0 aromatic heterocycles. The van der Waals surface area contributed by atoms with Crippen molar-refractivity contribution in [1.82, 2.24) is 10.2 Å². The van der Waals surface area contributed by atoms with E-state index in [-0.39, 0.29) is 6.04 Å². The second-order valence-electron chi connectivity index (χ2n) is 7.29. The van der Waals surface area contributed by atoms with E-state index in [1.54, 1.807) is 14.2 Å². The molecule has 0 bridgehead atoms. The zero-order valence-corrected chi connectivity index (χ0v) is 16.0. The van der Waals surface area contributed by atoms with Crippen LogP contribution in [0.25, 0.3) is 0 Å². The highest BCUT2D eigenvalue weighted by molar-refractivity contribution is 6.02. The largest absolute Gasteiger partial charge is 0.493 e. The molecular weight excluding hydrogens is 314 g/mol. The summed E-state index contributed by atoms with van der Waals surface area (Å²) in [6.45, 7) is 4.28. The van der Waals surface area contributed by atoms with E-state index in [1.165, 1.54) is 5.56 Å². The third kappa shape index (κ3) is 3.25. The fourth-order valence-corrected chi connectivity index (χ4v) is 3.82. The Bertz CT molecular complexity index is 694. The van der Waals surface area contributed by atoms with Gasteiger partial charge in [0.25, 0.3) is 0 Å². The van der Waals surface area contributed by atoms with E-state index in [0.717, 1.165) is 29.3 Å². The van der Waals surface area contributed by atoms with Crippen molar-refractivity contribution in [3.8, 4) is 11.5 Å². The number of hydrogen-bond donors (Lipinski definition) is 1. The van der Waals surface area contributed by atoms with Crippen molar-refractivity contribution in [2.45, 2.75) is 44.3 Å². The second kappa shape index (κ2) is 7.08. The number of allylic oxidation sites excluding steroid dienone is 1. The number of likely N-dealkylation sites (N-methyl/N-ethyl adjacent to an activating group) is 1. The van der Waals surface area contributed by atoms with Crippen LogP contribution in [-0.2, 0) is 0 Å². The number of fused-ring (bicyclic) bond motifs is 3. The summed E-state index contributed by atoms with van der Waals surface area (Å²) in [5, 5.41) is 3.53. The van der Waals surface area contributed by atoms with E-state index in [1.807, 2.05) is 0 Å². The highest BCUT2D eigenvalue weighted by atomic mass is 16.5. The third-order valence-electron chi connectivity index (χ3n) is 5.00. The molecule has 0 amide bonds. The highest BCUT2D eigenvalue weighted by Gasteiger charge is 2.38. The Kier molecular flexibility index (Phi) is 5.04. The molecule has 1 aromatic carbocycles. The normalized spacial score (nSPS) is 24.6. The van der Waals surface area contributed by atoms with Crippen molar-refractivity contribution in [2.75, 3.05) is 28.3 Å². The van der Waals surface area contributed by atoms with Crippen LogP contribution in [0, 0.1) is 0 Å². The summed E-state index contributed by atoms with van der Waals surface area (Å²) in [5.74, 6) is 2.83. The number of amidine groups is 1. The van der Waals surface area contributed by atoms with Gasteiger partial charge in [0, 0.05) is 17.5 Å². The van der Waals surface area contributed by atoms with Gasteiger partial charge in [0.1, 0.15) is 5.84 Å². The molecule has 1 heterocycles. The van der Waals surface area contributed by atoms with Crippen LogP contribution in [0.2, 0.25) is 0 Å². The van der Waals surface area contributed by atoms with Crippen LogP contribution >= 0.6 is 0 Å². The Morgan fingerprint density at radius 2 is 1.84 bits per heavy atom. The van der Waals surface area contributed by atoms with Crippen LogP contribution < -0.4 is 14.8 Å². The zero-order valence-electron chi connectivity index (χ0n) is 16.0. The van der Waals surface area contributed by atoms with Gasteiger partial charge in [-0.15, -0.1) is 0 Å². The summed E-state index contributed by atoms with van der Waals surface area (Å²) < 4.78 is 11.1. The first kappa shape index (κ1) is 17.8. The molecule has 2 aliphatic rings. The van der Waals surface area contributed by atoms with Crippen molar-refractivity contribution in [2.24, 2.45) is 4.99 Å². The Balaban J connectivity index is 2.15. The lowest BCUT2D eigenvalue weighted by atomic mass is 9.76. The molecule has 0 saturated heterocycles. The predicted octanol–water partition coefficient (Wildman–Crippen LogP) is 2.80. The number of benzene rings is 1. The van der Waals surface area contributed by atoms with Crippen LogP contribution in [0.1, 0.15) is 37.3 Å². The number of hydrogen-bond acceptors (Lipinski definition) is 5. The third-order valence-corrected chi connectivity index (χ3v) is 5.00. The molecular formula is C20H29N3O2. The molecule has 3 atom stereocenters. The molecule has 1 unspecified atom stereocenters. The molecule has 1 aromatic rings. The Hall–Kier alpha value is -2.01. The van der Waals surface area contributed by atoms with Gasteiger partial charge in [0.15, 0.2) is 11.5 Å². The molecule has 0 saturated carbocycles. The number of methoxy groups -OCH3 is 2. The minimum atomic E-state index is 0.201. The average Bonchev–Trinajstić information content (AvgIpc) is 2.59. The second-order valence-corrected chi connectivity index (χ2v) is 7.29. The first-order chi connectivity index (χ1) is 12.0. The molecule has 1 aliphatic carbocycles. The molecule has 5 nitrogen and oxygen atoms in total. The lowest BCUT2D eigenvalue weighted by Gasteiger charge is -2.40. The van der Waals surface area contributed by atoms with Gasteiger partial charge in [0.05, 0.1) is 26.3 Å². The first-order valence-corrected chi connectivity index (χ1v) is 8.90. The topological polar surface area (TPSA) is 46.1 Å². The van der Waals surface area contributed by atoms with E-state index >= 15 is 0 Å². The summed E-state index contributed by atoms with van der Waals surface area (Å²) in [5.41, 5.74) is 2.41. The number of nitrogens with one attached hydrogen (secondary N) is 1. The van der Waals surface area contributed by atoms with Crippen molar-refractivity contribution < 1.29 is 9.47 Å². The Morgan fingerprint density at radius 3 is 2.44 bits per heavy atom. The number of aliphatic imine (C=N–C) groups is 1. The van der Waals surface area contributed by atoms with Crippen LogP contribution in [0.3, 0.4) is 0 Å². The molecule has 1 N–H and O–H groups in total. The monoisotopic (exact) mass is 343 g/mol. The van der Waals surface area contributed by atoms with E-state index in [0.29, 0.717) is 18.0 Å². The molecule has 1 aliphatic heterocycles. The van der Waals surface area contributed by atoms with Crippen LogP contribution in [0.15, 0.2) is 29.3 Å². The maximum atomic E-state index is 5.56. The van der Waals surface area contributed by atoms with E-state index in [4.69, 9.17) is 14.5 Å². The fraction of sp³-hybridized carbons (Fsp3) is 0.550. The maximum Gasteiger partial charge on any atom is 0.161 e. The summed E-state index contributed by atoms with van der Waals surface area (Å²) in [6.07, 6.45) is 5.56. The lowest BCUT2D eigenvalue weighted by Crippen LogP contribution is -2.46. The average molecular weight is 343 g/mol. The molecule has 0 spiro atoms. The van der Waals surface area contributed by atoms with Gasteiger partial charge in [-0.2, -0.15) is 0 Å². The minimum Gasteiger partial charge on any atom is -0.493 e. The van der Waals surface area contributed by atoms with Gasteiger partial charge < -0.3 is 19.7 Å². The van der Waals surface area contributed by atoms with Gasteiger partial charge in [0.2, 0.25) is 0 Å². The van der Waals surface area contributed by atoms with Crippen molar-refractivity contribution in [3.63, 3.8) is 0 Å². The summed E-state index contributed by atoms with van der Waals surface area (Å²) in [7, 11) is 7.60. The first-order valence-electron chi connectivity index (χ1n) is 8.90. The summed E-state index contributed by atoms with van der Waals surface area (Å²) in [6, 6.07) is 5.00. The van der Waals surface area contributed by atoms with Gasteiger partial charge in [-0.1, -0.05) is 12.2 Å². The standard InChI is InChI=1S/C20H29N3O2/c1-12(2)21-20-15-11-18(25-6)17(24-5)10-14(15)13-8-7-9-16(23(3)4)19(13)22-20/h7,9-13,16,19H,8H2,1-6H3,(H,21,22)/t13-,16-,19?/m0/s1.